The predicted molar refractivity (Wildman–Crippen MR) is 72.4 cm³/mol. The van der Waals surface area contributed by atoms with Crippen LogP contribution in [0.5, 0.6) is 11.6 Å². The standard InChI is InChI=1S/C14H15ClN2O/c1-4-11-6-5-7-12(8-11)18-14-13(15)16-9(2)10(3)17-14/h5-8H,4H2,1-3H3. The number of ether oxygens (including phenoxy) is 1. The lowest BCUT2D eigenvalue weighted by molar-refractivity contribution is 0.458. The smallest absolute Gasteiger partial charge is 0.257 e. The lowest BCUT2D eigenvalue weighted by atomic mass is 10.2. The fourth-order valence-electron chi connectivity index (χ4n) is 1.56. The van der Waals surface area contributed by atoms with Gasteiger partial charge in [0.1, 0.15) is 5.75 Å². The molecule has 0 atom stereocenters. The Morgan fingerprint density at radius 3 is 2.61 bits per heavy atom. The van der Waals surface area contributed by atoms with Crippen molar-refractivity contribution >= 4 is 11.6 Å². The summed E-state index contributed by atoms with van der Waals surface area (Å²) in [5.41, 5.74) is 2.84. The highest BCUT2D eigenvalue weighted by Crippen LogP contribution is 2.27. The van der Waals surface area contributed by atoms with Crippen LogP contribution in [-0.2, 0) is 6.42 Å². The van der Waals surface area contributed by atoms with E-state index in [1.165, 1.54) is 5.56 Å². The molecule has 94 valence electrons. The Kier molecular flexibility index (Phi) is 3.82. The van der Waals surface area contributed by atoms with Gasteiger partial charge in [0.05, 0.1) is 11.4 Å². The Morgan fingerprint density at radius 1 is 1.17 bits per heavy atom. The number of benzene rings is 1. The van der Waals surface area contributed by atoms with Gasteiger partial charge in [-0.05, 0) is 38.0 Å². The Labute approximate surface area is 112 Å². The van der Waals surface area contributed by atoms with E-state index in [1.54, 1.807) is 0 Å². The summed E-state index contributed by atoms with van der Waals surface area (Å²) in [6.45, 7) is 5.85. The monoisotopic (exact) mass is 262 g/mol. The van der Waals surface area contributed by atoms with Gasteiger partial charge >= 0.3 is 0 Å². The highest BCUT2D eigenvalue weighted by molar-refractivity contribution is 6.30. The molecule has 0 aliphatic heterocycles. The second kappa shape index (κ2) is 5.36. The lowest BCUT2D eigenvalue weighted by Crippen LogP contribution is -1.97. The van der Waals surface area contributed by atoms with Crippen LogP contribution in [0.1, 0.15) is 23.9 Å². The molecule has 0 bridgehead atoms. The van der Waals surface area contributed by atoms with Crippen molar-refractivity contribution in [2.45, 2.75) is 27.2 Å². The molecular formula is C14H15ClN2O. The zero-order valence-electron chi connectivity index (χ0n) is 10.7. The van der Waals surface area contributed by atoms with E-state index in [0.29, 0.717) is 11.0 Å². The van der Waals surface area contributed by atoms with E-state index in [9.17, 15) is 0 Å². The Hall–Kier alpha value is -1.61. The van der Waals surface area contributed by atoms with Crippen LogP contribution < -0.4 is 4.74 Å². The Balaban J connectivity index is 2.30. The van der Waals surface area contributed by atoms with Crippen LogP contribution in [-0.4, -0.2) is 9.97 Å². The fourth-order valence-corrected chi connectivity index (χ4v) is 1.77. The molecule has 18 heavy (non-hydrogen) atoms. The first-order chi connectivity index (χ1) is 8.60. The highest BCUT2D eigenvalue weighted by atomic mass is 35.5. The quantitative estimate of drug-likeness (QED) is 0.835. The average Bonchev–Trinajstić information content (AvgIpc) is 2.36. The molecule has 0 saturated carbocycles. The van der Waals surface area contributed by atoms with Gasteiger partial charge in [0, 0.05) is 0 Å². The molecule has 0 amide bonds. The zero-order chi connectivity index (χ0) is 13.1. The van der Waals surface area contributed by atoms with Crippen molar-refractivity contribution in [2.24, 2.45) is 0 Å². The maximum atomic E-state index is 6.03. The van der Waals surface area contributed by atoms with Crippen molar-refractivity contribution in [3.05, 3.63) is 46.4 Å². The van der Waals surface area contributed by atoms with Crippen LogP contribution in [0.3, 0.4) is 0 Å². The minimum absolute atomic E-state index is 0.292. The molecule has 0 N–H and O–H groups in total. The molecule has 0 unspecified atom stereocenters. The summed E-state index contributed by atoms with van der Waals surface area (Å²) in [4.78, 5) is 8.50. The van der Waals surface area contributed by atoms with E-state index in [-0.39, 0.29) is 0 Å². The van der Waals surface area contributed by atoms with Gasteiger partial charge < -0.3 is 4.74 Å². The van der Waals surface area contributed by atoms with Gasteiger partial charge in [0.15, 0.2) is 5.15 Å². The fraction of sp³-hybridized carbons (Fsp3) is 0.286. The SMILES string of the molecule is CCc1cccc(Oc2nc(C)c(C)nc2Cl)c1. The van der Waals surface area contributed by atoms with Gasteiger partial charge in [-0.25, -0.2) is 9.97 Å². The minimum atomic E-state index is 0.292. The number of aryl methyl sites for hydroxylation is 3. The maximum Gasteiger partial charge on any atom is 0.257 e. The zero-order valence-corrected chi connectivity index (χ0v) is 11.5. The first-order valence-corrected chi connectivity index (χ1v) is 6.25. The average molecular weight is 263 g/mol. The van der Waals surface area contributed by atoms with E-state index in [1.807, 2.05) is 32.0 Å². The van der Waals surface area contributed by atoms with Gasteiger partial charge in [-0.15, -0.1) is 0 Å². The van der Waals surface area contributed by atoms with Crippen LogP contribution in [0.2, 0.25) is 5.15 Å². The number of aromatic nitrogens is 2. The minimum Gasteiger partial charge on any atom is -0.436 e. The number of rotatable bonds is 3. The topological polar surface area (TPSA) is 35.0 Å². The van der Waals surface area contributed by atoms with Gasteiger partial charge in [-0.1, -0.05) is 30.7 Å². The number of nitrogens with zero attached hydrogens (tertiary/aromatic N) is 2. The normalized spacial score (nSPS) is 10.4. The molecule has 0 spiro atoms. The number of hydrogen-bond acceptors (Lipinski definition) is 3. The lowest BCUT2D eigenvalue weighted by Gasteiger charge is -2.09. The second-order valence-electron chi connectivity index (χ2n) is 4.09. The van der Waals surface area contributed by atoms with Gasteiger partial charge in [-0.3, -0.25) is 0 Å². The first kappa shape index (κ1) is 12.8. The molecule has 4 heteroatoms. The first-order valence-electron chi connectivity index (χ1n) is 5.87. The summed E-state index contributed by atoms with van der Waals surface area (Å²) in [5.74, 6) is 1.09. The van der Waals surface area contributed by atoms with Crippen molar-refractivity contribution in [1.82, 2.24) is 9.97 Å². The molecule has 2 aromatic rings. The van der Waals surface area contributed by atoms with Crippen LogP contribution in [0.15, 0.2) is 24.3 Å². The number of hydrogen-bond donors (Lipinski definition) is 0. The predicted octanol–water partition coefficient (Wildman–Crippen LogP) is 4.10. The largest absolute Gasteiger partial charge is 0.436 e. The van der Waals surface area contributed by atoms with E-state index >= 15 is 0 Å². The molecule has 1 aromatic heterocycles. The van der Waals surface area contributed by atoms with Crippen LogP contribution in [0.25, 0.3) is 0 Å². The molecule has 0 radical (unpaired) electrons. The summed E-state index contributed by atoms with van der Waals surface area (Å²) in [7, 11) is 0. The van der Waals surface area contributed by atoms with E-state index in [4.69, 9.17) is 16.3 Å². The summed E-state index contributed by atoms with van der Waals surface area (Å²) in [5, 5.41) is 0.292. The van der Waals surface area contributed by atoms with Crippen LogP contribution in [0.4, 0.5) is 0 Å². The molecule has 3 nitrogen and oxygen atoms in total. The Bertz CT molecular complexity index is 570. The third-order valence-electron chi connectivity index (χ3n) is 2.76. The molecule has 0 saturated heterocycles. The summed E-state index contributed by atoms with van der Waals surface area (Å²) in [6.07, 6.45) is 0.962. The third kappa shape index (κ3) is 2.79. The van der Waals surface area contributed by atoms with Gasteiger partial charge in [0.25, 0.3) is 5.88 Å². The molecule has 1 aromatic carbocycles. The third-order valence-corrected chi connectivity index (χ3v) is 3.00. The molecule has 0 fully saturated rings. The summed E-state index contributed by atoms with van der Waals surface area (Å²) in [6, 6.07) is 7.87. The maximum absolute atomic E-state index is 6.03. The van der Waals surface area contributed by atoms with Crippen molar-refractivity contribution in [2.75, 3.05) is 0 Å². The molecule has 0 aliphatic carbocycles. The molecule has 2 rings (SSSR count). The van der Waals surface area contributed by atoms with E-state index < -0.39 is 0 Å². The van der Waals surface area contributed by atoms with Gasteiger partial charge in [-0.2, -0.15) is 0 Å². The van der Waals surface area contributed by atoms with Gasteiger partial charge in [0.2, 0.25) is 0 Å². The number of halogens is 1. The summed E-state index contributed by atoms with van der Waals surface area (Å²) < 4.78 is 5.68. The van der Waals surface area contributed by atoms with Crippen molar-refractivity contribution in [1.29, 1.82) is 0 Å². The molecular weight excluding hydrogens is 248 g/mol. The molecule has 0 aliphatic rings. The second-order valence-corrected chi connectivity index (χ2v) is 4.45. The van der Waals surface area contributed by atoms with Crippen LogP contribution in [0, 0.1) is 13.8 Å². The highest BCUT2D eigenvalue weighted by Gasteiger charge is 2.09. The molecule has 1 heterocycles. The van der Waals surface area contributed by atoms with E-state index in [0.717, 1.165) is 23.6 Å². The van der Waals surface area contributed by atoms with Crippen LogP contribution >= 0.6 is 11.6 Å². The van der Waals surface area contributed by atoms with Crippen molar-refractivity contribution in [3.8, 4) is 11.6 Å². The van der Waals surface area contributed by atoms with Crippen molar-refractivity contribution < 1.29 is 4.74 Å². The summed E-state index contributed by atoms with van der Waals surface area (Å²) >= 11 is 6.03. The van der Waals surface area contributed by atoms with E-state index in [2.05, 4.69) is 23.0 Å². The Morgan fingerprint density at radius 2 is 1.89 bits per heavy atom. The van der Waals surface area contributed by atoms with Crippen molar-refractivity contribution in [3.63, 3.8) is 0 Å².